The van der Waals surface area contributed by atoms with E-state index >= 15 is 0 Å². The summed E-state index contributed by atoms with van der Waals surface area (Å²) < 4.78 is 0. The zero-order valence-corrected chi connectivity index (χ0v) is 12.3. The third-order valence-corrected chi connectivity index (χ3v) is 4.97. The Labute approximate surface area is 111 Å². The topological polar surface area (TPSA) is 15.3 Å². The number of piperidine rings is 1. The molecule has 2 fully saturated rings. The summed E-state index contributed by atoms with van der Waals surface area (Å²) in [5, 5.41) is 3.75. The van der Waals surface area contributed by atoms with Crippen molar-refractivity contribution in [3.63, 3.8) is 0 Å². The summed E-state index contributed by atoms with van der Waals surface area (Å²) in [5.74, 6) is 1.32. The van der Waals surface area contributed by atoms with Crippen molar-refractivity contribution in [2.45, 2.75) is 63.6 Å². The molecule has 2 heterocycles. The predicted octanol–water partition coefficient (Wildman–Crippen LogP) is 2.73. The fourth-order valence-corrected chi connectivity index (χ4v) is 3.92. The first-order chi connectivity index (χ1) is 8.33. The van der Waals surface area contributed by atoms with E-state index in [9.17, 15) is 0 Å². The van der Waals surface area contributed by atoms with E-state index in [1.165, 1.54) is 57.4 Å². The van der Waals surface area contributed by atoms with Gasteiger partial charge in [0.2, 0.25) is 0 Å². The second-order valence-corrected chi connectivity index (χ2v) is 6.63. The van der Waals surface area contributed by atoms with E-state index < -0.39 is 0 Å². The summed E-state index contributed by atoms with van der Waals surface area (Å²) >= 11 is 1.98. The van der Waals surface area contributed by atoms with Crippen molar-refractivity contribution < 1.29 is 0 Å². The Balaban J connectivity index is 1.82. The van der Waals surface area contributed by atoms with Gasteiger partial charge in [0.1, 0.15) is 0 Å². The molecule has 1 N–H and O–H groups in total. The van der Waals surface area contributed by atoms with E-state index in [4.69, 9.17) is 0 Å². The smallest absolute Gasteiger partial charge is 0.0125 e. The highest BCUT2D eigenvalue weighted by molar-refractivity contribution is 7.98. The summed E-state index contributed by atoms with van der Waals surface area (Å²) in [5.41, 5.74) is 0. The van der Waals surface area contributed by atoms with Gasteiger partial charge in [-0.1, -0.05) is 6.92 Å². The Hall–Kier alpha value is 0.270. The average Bonchev–Trinajstić information content (AvgIpc) is 2.67. The van der Waals surface area contributed by atoms with Gasteiger partial charge in [-0.25, -0.2) is 0 Å². The molecular formula is C14H28N2S. The summed E-state index contributed by atoms with van der Waals surface area (Å²) in [6, 6.07) is 2.54. The van der Waals surface area contributed by atoms with Gasteiger partial charge in [0.25, 0.3) is 0 Å². The van der Waals surface area contributed by atoms with E-state index in [-0.39, 0.29) is 0 Å². The zero-order chi connectivity index (χ0) is 12.1. The molecule has 3 heteroatoms. The predicted molar refractivity (Wildman–Crippen MR) is 77.8 cm³/mol. The second-order valence-electron chi connectivity index (χ2n) is 5.65. The molecule has 2 aliphatic heterocycles. The maximum absolute atomic E-state index is 3.75. The van der Waals surface area contributed by atoms with E-state index in [0.29, 0.717) is 0 Å². The van der Waals surface area contributed by atoms with Crippen molar-refractivity contribution in [2.75, 3.05) is 25.1 Å². The average molecular weight is 256 g/mol. The van der Waals surface area contributed by atoms with Crippen LogP contribution < -0.4 is 5.32 Å². The van der Waals surface area contributed by atoms with Gasteiger partial charge in [-0.05, 0) is 63.6 Å². The number of hydrogen-bond donors (Lipinski definition) is 1. The van der Waals surface area contributed by atoms with Crippen LogP contribution in [0.4, 0.5) is 0 Å². The van der Waals surface area contributed by atoms with Crippen LogP contribution in [0.15, 0.2) is 0 Å². The molecule has 2 nitrogen and oxygen atoms in total. The molecular weight excluding hydrogens is 228 g/mol. The Morgan fingerprint density at radius 3 is 2.47 bits per heavy atom. The molecule has 2 bridgehead atoms. The van der Waals surface area contributed by atoms with Crippen molar-refractivity contribution in [1.29, 1.82) is 0 Å². The highest BCUT2D eigenvalue weighted by atomic mass is 32.2. The number of fused-ring (bicyclic) bond motifs is 2. The number of hydrogen-bond acceptors (Lipinski definition) is 3. The number of thioether (sulfide) groups is 1. The third kappa shape index (κ3) is 3.87. The molecule has 0 aromatic carbocycles. The van der Waals surface area contributed by atoms with Crippen LogP contribution in [0, 0.1) is 0 Å². The molecule has 2 aliphatic rings. The fourth-order valence-electron chi connectivity index (χ4n) is 3.50. The van der Waals surface area contributed by atoms with Gasteiger partial charge in [0.15, 0.2) is 0 Å². The van der Waals surface area contributed by atoms with Gasteiger partial charge in [0.05, 0.1) is 0 Å². The third-order valence-electron chi connectivity index (χ3n) is 4.27. The Kier molecular flexibility index (Phi) is 5.64. The van der Waals surface area contributed by atoms with Crippen LogP contribution >= 0.6 is 11.8 Å². The van der Waals surface area contributed by atoms with Gasteiger partial charge in [-0.3, -0.25) is 0 Å². The van der Waals surface area contributed by atoms with Gasteiger partial charge in [0, 0.05) is 18.1 Å². The second kappa shape index (κ2) is 7.01. The molecule has 0 aliphatic carbocycles. The Morgan fingerprint density at radius 2 is 1.88 bits per heavy atom. The fraction of sp³-hybridized carbons (Fsp3) is 1.00. The molecule has 0 amide bonds. The maximum atomic E-state index is 3.75. The van der Waals surface area contributed by atoms with E-state index in [1.807, 2.05) is 11.8 Å². The first-order valence-corrected chi connectivity index (χ1v) is 8.72. The molecule has 2 saturated heterocycles. The maximum Gasteiger partial charge on any atom is 0.0125 e. The van der Waals surface area contributed by atoms with Crippen LogP contribution in [-0.2, 0) is 0 Å². The van der Waals surface area contributed by atoms with E-state index in [1.54, 1.807) is 0 Å². The van der Waals surface area contributed by atoms with Crippen LogP contribution in [0.5, 0.6) is 0 Å². The van der Waals surface area contributed by atoms with Crippen molar-refractivity contribution in [3.8, 4) is 0 Å². The van der Waals surface area contributed by atoms with Crippen LogP contribution in [0.25, 0.3) is 0 Å². The highest BCUT2D eigenvalue weighted by Crippen LogP contribution is 2.29. The highest BCUT2D eigenvalue weighted by Gasteiger charge is 2.35. The number of rotatable bonds is 7. The monoisotopic (exact) mass is 256 g/mol. The van der Waals surface area contributed by atoms with Crippen LogP contribution in [0.1, 0.15) is 45.4 Å². The minimum absolute atomic E-state index is 0.832. The molecule has 0 aromatic heterocycles. The molecule has 0 radical (unpaired) electrons. The molecule has 0 spiro atoms. The minimum Gasteiger partial charge on any atom is -0.311 e. The van der Waals surface area contributed by atoms with Gasteiger partial charge < -0.3 is 10.2 Å². The Bertz CT molecular complexity index is 210. The molecule has 2 rings (SSSR count). The number of nitrogens with zero attached hydrogens (tertiary/aromatic N) is 1. The normalized spacial score (nSPS) is 32.3. The SMILES string of the molecule is CCCN(CCCSC)C1CC2CCC(C1)N2. The molecule has 0 aromatic rings. The lowest BCUT2D eigenvalue weighted by Gasteiger charge is -2.37. The van der Waals surface area contributed by atoms with Crippen LogP contribution in [0.3, 0.4) is 0 Å². The number of nitrogens with one attached hydrogen (secondary N) is 1. The lowest BCUT2D eigenvalue weighted by atomic mass is 9.98. The largest absolute Gasteiger partial charge is 0.311 e. The lowest BCUT2D eigenvalue weighted by Crippen LogP contribution is -2.48. The van der Waals surface area contributed by atoms with E-state index in [0.717, 1.165) is 18.1 Å². The molecule has 100 valence electrons. The molecule has 0 saturated carbocycles. The van der Waals surface area contributed by atoms with Gasteiger partial charge in [-0.2, -0.15) is 11.8 Å². The zero-order valence-electron chi connectivity index (χ0n) is 11.5. The first kappa shape index (κ1) is 13.7. The summed E-state index contributed by atoms with van der Waals surface area (Å²) in [7, 11) is 0. The van der Waals surface area contributed by atoms with E-state index in [2.05, 4.69) is 23.4 Å². The van der Waals surface area contributed by atoms with Gasteiger partial charge >= 0.3 is 0 Å². The Morgan fingerprint density at radius 1 is 1.18 bits per heavy atom. The van der Waals surface area contributed by atoms with Crippen LogP contribution in [0.2, 0.25) is 0 Å². The summed E-state index contributed by atoms with van der Waals surface area (Å²) in [4.78, 5) is 2.78. The van der Waals surface area contributed by atoms with Crippen molar-refractivity contribution in [1.82, 2.24) is 10.2 Å². The molecule has 17 heavy (non-hydrogen) atoms. The molecule has 2 atom stereocenters. The quantitative estimate of drug-likeness (QED) is 0.705. The van der Waals surface area contributed by atoms with Crippen molar-refractivity contribution >= 4 is 11.8 Å². The van der Waals surface area contributed by atoms with Gasteiger partial charge in [-0.15, -0.1) is 0 Å². The summed E-state index contributed by atoms with van der Waals surface area (Å²) in [6.07, 6.45) is 10.5. The minimum atomic E-state index is 0.832. The van der Waals surface area contributed by atoms with Crippen molar-refractivity contribution in [3.05, 3.63) is 0 Å². The van der Waals surface area contributed by atoms with Crippen LogP contribution in [-0.4, -0.2) is 48.1 Å². The molecule has 2 unspecified atom stereocenters. The standard InChI is InChI=1S/C14H28N2S/c1-3-7-16(8-4-9-17-2)14-10-12-5-6-13(11-14)15-12/h12-15H,3-11H2,1-2H3. The lowest BCUT2D eigenvalue weighted by molar-refractivity contribution is 0.142. The summed E-state index contributed by atoms with van der Waals surface area (Å²) in [6.45, 7) is 4.94. The van der Waals surface area contributed by atoms with Crippen molar-refractivity contribution in [2.24, 2.45) is 0 Å². The first-order valence-electron chi connectivity index (χ1n) is 7.32.